The predicted molar refractivity (Wildman–Crippen MR) is 315 cm³/mol. The quantitative estimate of drug-likeness (QED) is 0.134. The molecule has 0 aliphatic carbocycles. The third kappa shape index (κ3) is 6.44. The van der Waals surface area contributed by atoms with Gasteiger partial charge in [0, 0.05) is 90.0 Å². The monoisotopic (exact) mass is 976 g/mol. The molecule has 11 aromatic carbocycles. The first-order chi connectivity index (χ1) is 37.6. The van der Waals surface area contributed by atoms with Gasteiger partial charge in [0.05, 0.1) is 44.2 Å². The van der Waals surface area contributed by atoms with E-state index < -0.39 is 0 Å². The van der Waals surface area contributed by atoms with Crippen LogP contribution in [0.25, 0.3) is 98.9 Å². The van der Waals surface area contributed by atoms with Gasteiger partial charge in [0.15, 0.2) is 0 Å². The smallest absolute Gasteiger partial charge is 0.145 e. The lowest BCUT2D eigenvalue weighted by molar-refractivity contribution is 0.672. The molecule has 0 bridgehead atoms. The fourth-order valence-corrected chi connectivity index (χ4v) is 11.8. The molecule has 0 saturated carbocycles. The van der Waals surface area contributed by atoms with Gasteiger partial charge < -0.3 is 38.6 Å². The van der Waals surface area contributed by atoms with Gasteiger partial charge in [-0.2, -0.15) is 0 Å². The minimum atomic E-state index is 0.603. The number of para-hydroxylation sites is 6. The maximum Gasteiger partial charge on any atom is 0.145 e. The molecular formula is C68H44N6O2. The Balaban J connectivity index is 1.07. The Hall–Kier alpha value is -10.4. The van der Waals surface area contributed by atoms with Crippen LogP contribution in [0.2, 0.25) is 0 Å². The normalized spacial score (nSPS) is 11.8. The van der Waals surface area contributed by atoms with Gasteiger partial charge >= 0.3 is 0 Å². The first kappa shape index (κ1) is 43.2. The van der Waals surface area contributed by atoms with Crippen molar-refractivity contribution < 1.29 is 8.83 Å². The van der Waals surface area contributed by atoms with E-state index in [1.54, 1.807) is 0 Å². The summed E-state index contributed by atoms with van der Waals surface area (Å²) < 4.78 is 18.5. The molecule has 0 amide bonds. The van der Waals surface area contributed by atoms with E-state index in [-0.39, 0.29) is 0 Å². The van der Waals surface area contributed by atoms with Gasteiger partial charge in [0.2, 0.25) is 0 Å². The minimum absolute atomic E-state index is 0.603. The van der Waals surface area contributed by atoms with Crippen LogP contribution in [0.4, 0.5) is 34.1 Å². The molecule has 0 atom stereocenters. The molecule has 4 heterocycles. The van der Waals surface area contributed by atoms with Crippen LogP contribution in [0.5, 0.6) is 0 Å². The highest BCUT2D eigenvalue weighted by Gasteiger charge is 2.28. The number of fused-ring (bicyclic) bond motifs is 14. The number of hydrogen-bond acceptors (Lipinski definition) is 6. The molecular weight excluding hydrogens is 933 g/mol. The van der Waals surface area contributed by atoms with E-state index in [0.717, 1.165) is 133 Å². The van der Waals surface area contributed by atoms with Crippen LogP contribution in [0, 0.1) is 10.8 Å². The maximum absolute atomic E-state index is 9.29. The molecule has 0 unspecified atom stereocenters. The molecule has 15 aromatic rings. The van der Waals surface area contributed by atoms with E-state index in [9.17, 15) is 5.41 Å². The third-order valence-electron chi connectivity index (χ3n) is 15.1. The number of furan rings is 2. The Bertz CT molecular complexity index is 4720. The molecule has 2 N–H and O–H groups in total. The van der Waals surface area contributed by atoms with Crippen LogP contribution in [0.1, 0.15) is 11.1 Å². The van der Waals surface area contributed by atoms with Crippen molar-refractivity contribution in [1.29, 1.82) is 10.8 Å². The summed E-state index contributed by atoms with van der Waals surface area (Å²) in [5.74, 6) is 0. The lowest BCUT2D eigenvalue weighted by atomic mass is 10.0. The second-order valence-electron chi connectivity index (χ2n) is 19.2. The summed E-state index contributed by atoms with van der Waals surface area (Å²) in [7, 11) is 0. The lowest BCUT2D eigenvalue weighted by Crippen LogP contribution is -2.11. The second-order valence-corrected chi connectivity index (χ2v) is 19.2. The summed E-state index contributed by atoms with van der Waals surface area (Å²) in [4.78, 5) is 4.58. The molecule has 76 heavy (non-hydrogen) atoms. The highest BCUT2D eigenvalue weighted by Crippen LogP contribution is 2.48. The molecule has 15 rings (SSSR count). The average Bonchev–Trinajstić information content (AvgIpc) is 4.42. The Morgan fingerprint density at radius 3 is 1.18 bits per heavy atom. The van der Waals surface area contributed by atoms with E-state index in [2.05, 4.69) is 207 Å². The van der Waals surface area contributed by atoms with Crippen molar-refractivity contribution >= 4 is 134 Å². The number of nitrogens with one attached hydrogen (secondary N) is 2. The van der Waals surface area contributed by atoms with Gasteiger partial charge in [-0.1, -0.05) is 115 Å². The van der Waals surface area contributed by atoms with E-state index in [4.69, 9.17) is 14.2 Å². The number of benzene rings is 11. The van der Waals surface area contributed by atoms with Crippen molar-refractivity contribution in [1.82, 2.24) is 9.13 Å². The number of anilines is 6. The summed E-state index contributed by atoms with van der Waals surface area (Å²) >= 11 is 0. The van der Waals surface area contributed by atoms with E-state index >= 15 is 0 Å². The maximum atomic E-state index is 9.29. The zero-order valence-electron chi connectivity index (χ0n) is 40.9. The first-order valence-electron chi connectivity index (χ1n) is 25.4. The largest absolute Gasteiger partial charge is 0.455 e. The molecule has 0 radical (unpaired) electrons. The third-order valence-corrected chi connectivity index (χ3v) is 15.1. The molecule has 0 aliphatic rings. The average molecular weight is 977 g/mol. The second kappa shape index (κ2) is 17.1. The van der Waals surface area contributed by atoms with Crippen molar-refractivity contribution in [2.75, 3.05) is 9.80 Å². The van der Waals surface area contributed by atoms with Gasteiger partial charge in [0.25, 0.3) is 0 Å². The summed E-state index contributed by atoms with van der Waals surface area (Å²) in [5, 5.41) is 26.2. The molecule has 0 spiro atoms. The highest BCUT2D eigenvalue weighted by atomic mass is 16.3. The summed E-state index contributed by atoms with van der Waals surface area (Å²) in [5.41, 5.74) is 15.8. The van der Waals surface area contributed by atoms with E-state index in [1.165, 1.54) is 12.4 Å². The molecule has 358 valence electrons. The topological polar surface area (TPSA) is 90.3 Å². The molecule has 0 saturated heterocycles. The minimum Gasteiger partial charge on any atom is -0.455 e. The fourth-order valence-electron chi connectivity index (χ4n) is 11.8. The molecule has 8 heteroatoms. The van der Waals surface area contributed by atoms with Crippen molar-refractivity contribution in [3.8, 4) is 11.4 Å². The summed E-state index contributed by atoms with van der Waals surface area (Å²) in [6.07, 6.45) is 2.76. The lowest BCUT2D eigenvalue weighted by Gasteiger charge is -2.26. The van der Waals surface area contributed by atoms with Crippen LogP contribution in [-0.4, -0.2) is 21.6 Å². The number of hydrogen-bond donors (Lipinski definition) is 2. The molecule has 4 aromatic heterocycles. The van der Waals surface area contributed by atoms with Crippen molar-refractivity contribution in [3.63, 3.8) is 0 Å². The number of nitrogens with zero attached hydrogens (tertiary/aromatic N) is 4. The molecule has 8 nitrogen and oxygen atoms in total. The van der Waals surface area contributed by atoms with Gasteiger partial charge in [0.1, 0.15) is 22.3 Å². The van der Waals surface area contributed by atoms with Crippen molar-refractivity contribution in [3.05, 3.63) is 254 Å². The van der Waals surface area contributed by atoms with Gasteiger partial charge in [-0.05, 0) is 127 Å². The Labute approximate surface area is 435 Å². The van der Waals surface area contributed by atoms with Crippen LogP contribution >= 0.6 is 0 Å². The Kier molecular flexibility index (Phi) is 9.70. The molecule has 0 fully saturated rings. The Morgan fingerprint density at radius 2 is 0.737 bits per heavy atom. The van der Waals surface area contributed by atoms with Crippen LogP contribution in [0.15, 0.2) is 251 Å². The standard InChI is InChI=1S/C68H44N6O2/c69-41-43-29-34-61(73-57-35-30-48(71(44-17-5-1-6-18-44)45-19-7-2-8-20-45)39-54(57)64-59(73)37-32-52-50-25-13-15-27-62(50)75-67(52)64)66(56(43)42-70)74-58-36-31-49(72(46-21-9-3-10-22-46)47-23-11-4-12-24-47)40-55(58)65-60(74)38-33-53-51-26-14-16-28-63(51)76-68(53)65/h1-42,69-70H. The van der Waals surface area contributed by atoms with Gasteiger partial charge in [-0.25, -0.2) is 0 Å². The van der Waals surface area contributed by atoms with Crippen LogP contribution < -0.4 is 9.80 Å². The highest BCUT2D eigenvalue weighted by molar-refractivity contribution is 6.26. The number of aromatic nitrogens is 2. The zero-order chi connectivity index (χ0) is 50.4. The van der Waals surface area contributed by atoms with Crippen molar-refractivity contribution in [2.24, 2.45) is 0 Å². The van der Waals surface area contributed by atoms with Crippen LogP contribution in [-0.2, 0) is 0 Å². The molecule has 0 aliphatic heterocycles. The van der Waals surface area contributed by atoms with E-state index in [0.29, 0.717) is 11.1 Å². The Morgan fingerprint density at radius 1 is 0.329 bits per heavy atom. The van der Waals surface area contributed by atoms with Crippen molar-refractivity contribution in [2.45, 2.75) is 0 Å². The summed E-state index contributed by atoms with van der Waals surface area (Å²) in [6, 6.07) is 84.5. The SMILES string of the molecule is N=Cc1ccc(-n2c3ccc(N(c4ccccc4)c4ccccc4)cc3c3c4oc5ccccc5c4ccc32)c(-n2c3ccc(N(c4ccccc4)c4ccccc4)cc3c3c4oc5ccccc5c4ccc32)c1C=N. The van der Waals surface area contributed by atoms with Gasteiger partial charge in [-0.3, -0.25) is 0 Å². The van der Waals surface area contributed by atoms with Gasteiger partial charge in [-0.15, -0.1) is 0 Å². The number of rotatable bonds is 10. The predicted octanol–water partition coefficient (Wildman–Crippen LogP) is 18.6. The first-order valence-corrected chi connectivity index (χ1v) is 25.4. The summed E-state index contributed by atoms with van der Waals surface area (Å²) in [6.45, 7) is 0. The zero-order valence-corrected chi connectivity index (χ0v) is 40.9. The van der Waals surface area contributed by atoms with E-state index in [1.807, 2.05) is 54.6 Å². The van der Waals surface area contributed by atoms with Crippen LogP contribution in [0.3, 0.4) is 0 Å². The fraction of sp³-hybridized carbons (Fsp3) is 0.